The van der Waals surface area contributed by atoms with Crippen LogP contribution >= 0.6 is 11.6 Å². The lowest BCUT2D eigenvalue weighted by molar-refractivity contribution is -0.132. The van der Waals surface area contributed by atoms with E-state index in [0.717, 1.165) is 18.6 Å². The largest absolute Gasteiger partial charge is 0.494 e. The second-order valence-corrected chi connectivity index (χ2v) is 7.07. The molecule has 1 aliphatic heterocycles. The van der Waals surface area contributed by atoms with Gasteiger partial charge in [0.1, 0.15) is 11.6 Å². The van der Waals surface area contributed by atoms with Crippen molar-refractivity contribution in [2.75, 3.05) is 23.8 Å². The Morgan fingerprint density at radius 2 is 1.92 bits per heavy atom. The third kappa shape index (κ3) is 4.02. The van der Waals surface area contributed by atoms with Gasteiger partial charge in [0.15, 0.2) is 17.2 Å². The number of ether oxygens (including phenoxy) is 2. The minimum atomic E-state index is -0.926. The maximum atomic E-state index is 12.7. The predicted molar refractivity (Wildman–Crippen MR) is 102 cm³/mol. The van der Waals surface area contributed by atoms with E-state index in [1.54, 1.807) is 43.0 Å². The van der Waals surface area contributed by atoms with Gasteiger partial charge >= 0.3 is 0 Å². The quantitative estimate of drug-likeness (QED) is 0.779. The molecule has 0 spiro atoms. The molecule has 0 saturated carbocycles. The van der Waals surface area contributed by atoms with Gasteiger partial charge in [-0.2, -0.15) is 0 Å². The normalized spacial score (nSPS) is 15.3. The van der Waals surface area contributed by atoms with E-state index in [1.807, 2.05) is 12.1 Å². The topological polar surface area (TPSA) is 77.7 Å². The van der Waals surface area contributed by atoms with Crippen LogP contribution in [0.4, 0.5) is 11.6 Å². The molecule has 1 amide bonds. The highest BCUT2D eigenvalue weighted by molar-refractivity contribution is 6.30. The van der Waals surface area contributed by atoms with E-state index in [-0.39, 0.29) is 5.91 Å². The minimum Gasteiger partial charge on any atom is -0.494 e. The summed E-state index contributed by atoms with van der Waals surface area (Å²) in [5, 5.41) is 0.677. The minimum absolute atomic E-state index is 0.123. The number of pyridine rings is 1. The molecule has 0 bridgehead atoms. The maximum absolute atomic E-state index is 12.7. The molecule has 138 valence electrons. The number of amides is 1. The highest BCUT2D eigenvalue weighted by Gasteiger charge is 2.41. The standard InChI is InChI=1S/C19H22ClN3O3/c1-19(2)18(24)23(17-15(26-19)9-10-16(21)22-17)11-3-4-12-25-14-7-5-13(20)6-8-14/h5-10H,3-4,11-12H2,1-2H3,(H2,21,22). The zero-order valence-electron chi connectivity index (χ0n) is 14.9. The Hall–Kier alpha value is -2.47. The number of carbonyl (C=O) groups is 1. The number of hydrogen-bond donors (Lipinski definition) is 1. The van der Waals surface area contributed by atoms with E-state index < -0.39 is 5.60 Å². The van der Waals surface area contributed by atoms with E-state index in [2.05, 4.69) is 4.98 Å². The lowest BCUT2D eigenvalue weighted by atomic mass is 10.0. The molecule has 2 aromatic rings. The number of benzene rings is 1. The van der Waals surface area contributed by atoms with Crippen molar-refractivity contribution in [3.05, 3.63) is 41.4 Å². The first-order valence-corrected chi connectivity index (χ1v) is 8.90. The number of nitrogen functional groups attached to an aromatic ring is 1. The van der Waals surface area contributed by atoms with Crippen molar-refractivity contribution in [3.8, 4) is 11.5 Å². The molecule has 0 fully saturated rings. The van der Waals surface area contributed by atoms with E-state index in [0.29, 0.717) is 35.6 Å². The second-order valence-electron chi connectivity index (χ2n) is 6.64. The number of nitrogens with zero attached hydrogens (tertiary/aromatic N) is 2. The first-order chi connectivity index (χ1) is 12.4. The molecule has 6 nitrogen and oxygen atoms in total. The van der Waals surface area contributed by atoms with Crippen molar-refractivity contribution in [3.63, 3.8) is 0 Å². The van der Waals surface area contributed by atoms with Gasteiger partial charge in [0.05, 0.1) is 6.61 Å². The molecule has 0 atom stereocenters. The number of unbranched alkanes of at least 4 members (excludes halogenated alkanes) is 1. The molecule has 0 aliphatic carbocycles. The summed E-state index contributed by atoms with van der Waals surface area (Å²) in [6.45, 7) is 4.59. The first-order valence-electron chi connectivity index (χ1n) is 8.53. The number of anilines is 2. The lowest BCUT2D eigenvalue weighted by Gasteiger charge is -2.37. The molecule has 2 N–H and O–H groups in total. The second kappa shape index (κ2) is 7.41. The van der Waals surface area contributed by atoms with Crippen molar-refractivity contribution in [1.29, 1.82) is 0 Å². The van der Waals surface area contributed by atoms with Gasteiger partial charge in [-0.05, 0) is 63.1 Å². The monoisotopic (exact) mass is 375 g/mol. The number of hydrogen-bond acceptors (Lipinski definition) is 5. The molecular weight excluding hydrogens is 354 g/mol. The SMILES string of the molecule is CC1(C)Oc2ccc(N)nc2N(CCCCOc2ccc(Cl)cc2)C1=O. The highest BCUT2D eigenvalue weighted by Crippen LogP contribution is 2.36. The fourth-order valence-corrected chi connectivity index (χ4v) is 2.89. The van der Waals surface area contributed by atoms with Gasteiger partial charge in [0.25, 0.3) is 5.91 Å². The first kappa shape index (κ1) is 18.3. The molecule has 1 aliphatic rings. The molecule has 0 unspecified atom stereocenters. The van der Waals surface area contributed by atoms with Gasteiger partial charge < -0.3 is 15.2 Å². The van der Waals surface area contributed by atoms with E-state index in [4.69, 9.17) is 26.8 Å². The Balaban J connectivity index is 1.59. The molecule has 26 heavy (non-hydrogen) atoms. The van der Waals surface area contributed by atoms with Crippen LogP contribution in [0, 0.1) is 0 Å². The summed E-state index contributed by atoms with van der Waals surface area (Å²) >= 11 is 5.85. The number of aromatic nitrogens is 1. The van der Waals surface area contributed by atoms with Crippen LogP contribution in [0.3, 0.4) is 0 Å². The van der Waals surface area contributed by atoms with Gasteiger partial charge in [-0.1, -0.05) is 11.6 Å². The van der Waals surface area contributed by atoms with Crippen molar-refractivity contribution in [2.24, 2.45) is 0 Å². The third-order valence-electron chi connectivity index (χ3n) is 4.10. The molecule has 2 heterocycles. The van der Waals surface area contributed by atoms with Crippen LogP contribution in [0.15, 0.2) is 36.4 Å². The van der Waals surface area contributed by atoms with Gasteiger partial charge in [-0.3, -0.25) is 9.69 Å². The summed E-state index contributed by atoms with van der Waals surface area (Å²) in [4.78, 5) is 18.6. The molecule has 0 radical (unpaired) electrons. The van der Waals surface area contributed by atoms with Gasteiger partial charge in [-0.25, -0.2) is 4.98 Å². The summed E-state index contributed by atoms with van der Waals surface area (Å²) in [6, 6.07) is 10.7. The summed E-state index contributed by atoms with van der Waals surface area (Å²) < 4.78 is 11.5. The van der Waals surface area contributed by atoms with Crippen LogP contribution in [0.1, 0.15) is 26.7 Å². The average Bonchev–Trinajstić information content (AvgIpc) is 2.60. The van der Waals surface area contributed by atoms with Crippen LogP contribution in [0.5, 0.6) is 11.5 Å². The highest BCUT2D eigenvalue weighted by atomic mass is 35.5. The summed E-state index contributed by atoms with van der Waals surface area (Å²) in [5.41, 5.74) is 4.85. The fraction of sp³-hybridized carbons (Fsp3) is 0.368. The van der Waals surface area contributed by atoms with Gasteiger partial charge in [-0.15, -0.1) is 0 Å². The zero-order chi connectivity index (χ0) is 18.7. The summed E-state index contributed by atoms with van der Waals surface area (Å²) in [7, 11) is 0. The number of halogens is 1. The smallest absolute Gasteiger partial charge is 0.271 e. The van der Waals surface area contributed by atoms with Gasteiger partial charge in [0.2, 0.25) is 0 Å². The van der Waals surface area contributed by atoms with E-state index in [9.17, 15) is 4.79 Å². The van der Waals surface area contributed by atoms with Gasteiger partial charge in [0, 0.05) is 11.6 Å². The van der Waals surface area contributed by atoms with Crippen molar-refractivity contribution >= 4 is 29.1 Å². The maximum Gasteiger partial charge on any atom is 0.271 e. The molecular formula is C19H22ClN3O3. The molecule has 1 aromatic carbocycles. The Morgan fingerprint density at radius 3 is 2.65 bits per heavy atom. The van der Waals surface area contributed by atoms with Crippen molar-refractivity contribution in [1.82, 2.24) is 4.98 Å². The van der Waals surface area contributed by atoms with Crippen LogP contribution in [0.25, 0.3) is 0 Å². The molecule has 0 saturated heterocycles. The van der Waals surface area contributed by atoms with Crippen LogP contribution < -0.4 is 20.1 Å². The van der Waals surface area contributed by atoms with Crippen LogP contribution in [-0.4, -0.2) is 29.6 Å². The number of carbonyl (C=O) groups excluding carboxylic acids is 1. The Labute approximate surface area is 157 Å². The Bertz CT molecular complexity index is 793. The molecule has 1 aromatic heterocycles. The summed E-state index contributed by atoms with van der Waals surface area (Å²) in [5.74, 6) is 2.06. The fourth-order valence-electron chi connectivity index (χ4n) is 2.76. The number of fused-ring (bicyclic) bond motifs is 1. The van der Waals surface area contributed by atoms with E-state index in [1.165, 1.54) is 0 Å². The predicted octanol–water partition coefficient (Wildman–Crippen LogP) is 3.68. The zero-order valence-corrected chi connectivity index (χ0v) is 15.6. The van der Waals surface area contributed by atoms with E-state index >= 15 is 0 Å². The molecule has 3 rings (SSSR count). The average molecular weight is 376 g/mol. The van der Waals surface area contributed by atoms with Crippen LogP contribution in [0.2, 0.25) is 5.02 Å². The summed E-state index contributed by atoms with van der Waals surface area (Å²) in [6.07, 6.45) is 1.57. The third-order valence-corrected chi connectivity index (χ3v) is 4.35. The molecule has 7 heteroatoms. The number of rotatable bonds is 6. The Morgan fingerprint density at radius 1 is 1.19 bits per heavy atom. The lowest BCUT2D eigenvalue weighted by Crippen LogP contribution is -2.53. The van der Waals surface area contributed by atoms with Crippen LogP contribution in [-0.2, 0) is 4.79 Å². The van der Waals surface area contributed by atoms with Crippen molar-refractivity contribution < 1.29 is 14.3 Å². The Kier molecular flexibility index (Phi) is 5.23. The van der Waals surface area contributed by atoms with Crippen molar-refractivity contribution in [2.45, 2.75) is 32.3 Å². The number of nitrogens with two attached hydrogens (primary N) is 1.